The maximum atomic E-state index is 9.09. The fourth-order valence-electron chi connectivity index (χ4n) is 1.88. The Bertz CT molecular complexity index is 409. The number of benzene rings is 1. The summed E-state index contributed by atoms with van der Waals surface area (Å²) in [4.78, 5) is 0. The third-order valence-electron chi connectivity index (χ3n) is 2.70. The quantitative estimate of drug-likeness (QED) is 0.839. The SMILES string of the molecule is COc1c(C(N)CO)cc2c(c1Cl)OCC2. The van der Waals surface area contributed by atoms with Crippen molar-refractivity contribution in [3.05, 3.63) is 22.2 Å². The van der Waals surface area contributed by atoms with Gasteiger partial charge in [-0.05, 0) is 11.6 Å². The van der Waals surface area contributed by atoms with E-state index in [0.717, 1.165) is 17.5 Å². The Balaban J connectivity index is 2.56. The maximum absolute atomic E-state index is 9.09. The standard InChI is InChI=1S/C11H14ClNO3/c1-15-11-7(8(13)5-14)4-6-2-3-16-10(6)9(11)12/h4,8,14H,2-3,5,13H2,1H3. The van der Waals surface area contributed by atoms with Crippen LogP contribution in [-0.4, -0.2) is 25.4 Å². The van der Waals surface area contributed by atoms with Crippen LogP contribution in [0.2, 0.25) is 5.02 Å². The van der Waals surface area contributed by atoms with Gasteiger partial charge in [0.15, 0.2) is 0 Å². The molecule has 0 saturated carbocycles. The van der Waals surface area contributed by atoms with Crippen LogP contribution in [0.3, 0.4) is 0 Å². The number of fused-ring (bicyclic) bond motifs is 1. The van der Waals surface area contributed by atoms with E-state index in [0.29, 0.717) is 23.1 Å². The van der Waals surface area contributed by atoms with E-state index >= 15 is 0 Å². The lowest BCUT2D eigenvalue weighted by Crippen LogP contribution is -2.16. The molecule has 5 heteroatoms. The van der Waals surface area contributed by atoms with Crippen molar-refractivity contribution in [2.45, 2.75) is 12.5 Å². The lowest BCUT2D eigenvalue weighted by molar-refractivity contribution is 0.264. The van der Waals surface area contributed by atoms with Gasteiger partial charge in [-0.3, -0.25) is 0 Å². The summed E-state index contributed by atoms with van der Waals surface area (Å²) < 4.78 is 10.6. The molecule has 0 radical (unpaired) electrons. The van der Waals surface area contributed by atoms with Gasteiger partial charge in [0.25, 0.3) is 0 Å². The molecule has 88 valence electrons. The molecule has 1 unspecified atom stereocenters. The average molecular weight is 244 g/mol. The smallest absolute Gasteiger partial charge is 0.146 e. The fourth-order valence-corrected chi connectivity index (χ4v) is 2.24. The summed E-state index contributed by atoms with van der Waals surface area (Å²) in [7, 11) is 1.52. The summed E-state index contributed by atoms with van der Waals surface area (Å²) in [6.07, 6.45) is 0.810. The van der Waals surface area contributed by atoms with Gasteiger partial charge >= 0.3 is 0 Å². The summed E-state index contributed by atoms with van der Waals surface area (Å²) in [6.45, 7) is 0.475. The molecule has 1 heterocycles. The molecule has 1 aromatic rings. The summed E-state index contributed by atoms with van der Waals surface area (Å²) in [5.74, 6) is 1.16. The number of nitrogens with two attached hydrogens (primary N) is 1. The predicted molar refractivity (Wildman–Crippen MR) is 61.2 cm³/mol. The van der Waals surface area contributed by atoms with Gasteiger partial charge in [0, 0.05) is 12.0 Å². The number of rotatable bonds is 3. The van der Waals surface area contributed by atoms with Crippen LogP contribution in [0.5, 0.6) is 11.5 Å². The fraction of sp³-hybridized carbons (Fsp3) is 0.455. The summed E-state index contributed by atoms with van der Waals surface area (Å²) in [6, 6.07) is 1.41. The summed E-state index contributed by atoms with van der Waals surface area (Å²) in [5.41, 5.74) is 7.54. The van der Waals surface area contributed by atoms with Gasteiger partial charge in [-0.2, -0.15) is 0 Å². The summed E-state index contributed by atoms with van der Waals surface area (Å²) >= 11 is 6.17. The molecular weight excluding hydrogens is 230 g/mol. The molecule has 1 aromatic carbocycles. The van der Waals surface area contributed by atoms with Gasteiger partial charge in [-0.15, -0.1) is 0 Å². The normalized spacial score (nSPS) is 15.5. The number of hydrogen-bond donors (Lipinski definition) is 2. The molecule has 0 spiro atoms. The van der Waals surface area contributed by atoms with E-state index in [9.17, 15) is 0 Å². The van der Waals surface area contributed by atoms with Crippen molar-refractivity contribution in [1.82, 2.24) is 0 Å². The molecule has 1 aliphatic heterocycles. The first-order valence-electron chi connectivity index (χ1n) is 5.07. The molecule has 4 nitrogen and oxygen atoms in total. The maximum Gasteiger partial charge on any atom is 0.146 e. The van der Waals surface area contributed by atoms with Gasteiger partial charge in [-0.25, -0.2) is 0 Å². The van der Waals surface area contributed by atoms with Crippen LogP contribution in [0.25, 0.3) is 0 Å². The first-order chi connectivity index (χ1) is 7.69. The Labute approximate surface area is 98.9 Å². The van der Waals surface area contributed by atoms with Crippen LogP contribution in [0.1, 0.15) is 17.2 Å². The molecule has 0 amide bonds. The molecule has 16 heavy (non-hydrogen) atoms. The van der Waals surface area contributed by atoms with Crippen LogP contribution >= 0.6 is 11.6 Å². The lowest BCUT2D eigenvalue weighted by Gasteiger charge is -2.17. The topological polar surface area (TPSA) is 64.7 Å². The zero-order valence-electron chi connectivity index (χ0n) is 9.00. The van der Waals surface area contributed by atoms with E-state index in [-0.39, 0.29) is 6.61 Å². The number of methoxy groups -OCH3 is 1. The molecule has 0 fully saturated rings. The Kier molecular flexibility index (Phi) is 3.23. The molecule has 0 aliphatic carbocycles. The Morgan fingerprint density at radius 3 is 3.06 bits per heavy atom. The minimum Gasteiger partial charge on any atom is -0.495 e. The molecule has 1 aliphatic rings. The second-order valence-corrected chi connectivity index (χ2v) is 4.07. The zero-order valence-corrected chi connectivity index (χ0v) is 9.75. The minimum atomic E-state index is -0.488. The zero-order chi connectivity index (χ0) is 11.7. The molecular formula is C11H14ClNO3. The van der Waals surface area contributed by atoms with Crippen LogP contribution < -0.4 is 15.2 Å². The van der Waals surface area contributed by atoms with Gasteiger partial charge in [0.1, 0.15) is 16.5 Å². The number of aliphatic hydroxyl groups excluding tert-OH is 1. The molecule has 3 N–H and O–H groups in total. The van der Waals surface area contributed by atoms with E-state index < -0.39 is 6.04 Å². The van der Waals surface area contributed by atoms with Crippen molar-refractivity contribution >= 4 is 11.6 Å². The molecule has 2 rings (SSSR count). The first-order valence-corrected chi connectivity index (χ1v) is 5.45. The van der Waals surface area contributed by atoms with E-state index in [2.05, 4.69) is 0 Å². The molecule has 0 aromatic heterocycles. The first kappa shape index (κ1) is 11.5. The van der Waals surface area contributed by atoms with Crippen molar-refractivity contribution in [2.24, 2.45) is 5.73 Å². The van der Waals surface area contributed by atoms with Crippen LogP contribution in [0.15, 0.2) is 6.07 Å². The van der Waals surface area contributed by atoms with Gasteiger partial charge < -0.3 is 20.3 Å². The number of aliphatic hydroxyl groups is 1. The van der Waals surface area contributed by atoms with Crippen LogP contribution in [0.4, 0.5) is 0 Å². The predicted octanol–water partition coefficient (Wildman–Crippen LogP) is 1.28. The second kappa shape index (κ2) is 4.49. The van der Waals surface area contributed by atoms with Crippen molar-refractivity contribution in [3.8, 4) is 11.5 Å². The van der Waals surface area contributed by atoms with Crippen molar-refractivity contribution < 1.29 is 14.6 Å². The highest BCUT2D eigenvalue weighted by atomic mass is 35.5. The van der Waals surface area contributed by atoms with Crippen molar-refractivity contribution in [1.29, 1.82) is 0 Å². The van der Waals surface area contributed by atoms with Gasteiger partial charge in [0.05, 0.1) is 26.4 Å². The van der Waals surface area contributed by atoms with E-state index in [1.54, 1.807) is 0 Å². The monoisotopic (exact) mass is 243 g/mol. The number of halogens is 1. The van der Waals surface area contributed by atoms with E-state index in [1.165, 1.54) is 7.11 Å². The highest BCUT2D eigenvalue weighted by molar-refractivity contribution is 6.33. The third kappa shape index (κ3) is 1.73. The van der Waals surface area contributed by atoms with Gasteiger partial charge in [-0.1, -0.05) is 11.6 Å². The van der Waals surface area contributed by atoms with Gasteiger partial charge in [0.2, 0.25) is 0 Å². The Morgan fingerprint density at radius 1 is 1.69 bits per heavy atom. The highest BCUT2D eigenvalue weighted by Gasteiger charge is 2.24. The number of hydrogen-bond acceptors (Lipinski definition) is 4. The van der Waals surface area contributed by atoms with Crippen molar-refractivity contribution in [2.75, 3.05) is 20.3 Å². The Morgan fingerprint density at radius 2 is 2.44 bits per heavy atom. The minimum absolute atomic E-state index is 0.146. The molecule has 0 saturated heterocycles. The number of ether oxygens (including phenoxy) is 2. The molecule has 1 atom stereocenters. The Hall–Kier alpha value is -0.970. The average Bonchev–Trinajstić information content (AvgIpc) is 2.76. The third-order valence-corrected chi connectivity index (χ3v) is 3.04. The lowest BCUT2D eigenvalue weighted by atomic mass is 10.0. The summed E-state index contributed by atoms with van der Waals surface area (Å²) in [5, 5.41) is 9.53. The highest BCUT2D eigenvalue weighted by Crippen LogP contribution is 2.44. The molecule has 0 bridgehead atoms. The van der Waals surface area contributed by atoms with Crippen LogP contribution in [-0.2, 0) is 6.42 Å². The van der Waals surface area contributed by atoms with Crippen molar-refractivity contribution in [3.63, 3.8) is 0 Å². The largest absolute Gasteiger partial charge is 0.495 e. The van der Waals surface area contributed by atoms with Crippen LogP contribution in [0, 0.1) is 0 Å². The van der Waals surface area contributed by atoms with E-state index in [1.807, 2.05) is 6.07 Å². The second-order valence-electron chi connectivity index (χ2n) is 3.69. The van der Waals surface area contributed by atoms with E-state index in [4.69, 9.17) is 31.9 Å².